The maximum atomic E-state index is 12.1. The van der Waals surface area contributed by atoms with E-state index in [2.05, 4.69) is 114 Å². The van der Waals surface area contributed by atoms with Gasteiger partial charge in [-0.3, -0.25) is 4.79 Å². The maximum absolute atomic E-state index is 12.1. The second-order valence-electron chi connectivity index (χ2n) is 16.7. The number of fused-ring (bicyclic) bond motifs is 2. The first-order valence-corrected chi connectivity index (χ1v) is 22.6. The Balaban J connectivity index is 0.000000283. The topological polar surface area (TPSA) is 154 Å². The minimum Gasteiger partial charge on any atom is -0.506 e. The molecule has 0 aliphatic carbocycles. The lowest BCUT2D eigenvalue weighted by Gasteiger charge is -2.21. The van der Waals surface area contributed by atoms with Crippen LogP contribution in [0.2, 0.25) is 0 Å². The number of aliphatic carboxylic acids is 1. The minimum atomic E-state index is -1.17. The molecular formula is C52H59Br3N6O6. The van der Waals surface area contributed by atoms with E-state index < -0.39 is 12.1 Å². The van der Waals surface area contributed by atoms with Crippen molar-refractivity contribution in [2.24, 2.45) is 0 Å². The van der Waals surface area contributed by atoms with Gasteiger partial charge in [-0.2, -0.15) is 0 Å². The average molecular weight is 1100 g/mol. The number of nitrogens with zero attached hydrogens (tertiary/aromatic N) is 6. The molecule has 12 nitrogen and oxygen atoms in total. The highest BCUT2D eigenvalue weighted by molar-refractivity contribution is 9.10. The molecule has 2 unspecified atom stereocenters. The Morgan fingerprint density at radius 1 is 0.582 bits per heavy atom. The number of aromatic hydroxyl groups is 1. The molecule has 0 saturated carbocycles. The summed E-state index contributed by atoms with van der Waals surface area (Å²) < 4.78 is 12.4. The predicted octanol–water partition coefficient (Wildman–Crippen LogP) is 14.1. The summed E-state index contributed by atoms with van der Waals surface area (Å²) >= 11 is 10.1. The van der Waals surface area contributed by atoms with Crippen LogP contribution in [0.15, 0.2) is 142 Å². The summed E-state index contributed by atoms with van der Waals surface area (Å²) in [5.74, 6) is -0.830. The van der Waals surface area contributed by atoms with Crippen LogP contribution in [0.1, 0.15) is 97.0 Å². The first-order chi connectivity index (χ1) is 30.3. The number of hydrogen-bond acceptors (Lipinski definition) is 9. The molecule has 6 aromatic carbocycles. The van der Waals surface area contributed by atoms with Gasteiger partial charge < -0.3 is 19.7 Å². The molecule has 0 radical (unpaired) electrons. The van der Waals surface area contributed by atoms with E-state index in [0.717, 1.165) is 42.1 Å². The Kier molecular flexibility index (Phi) is 19.6. The lowest BCUT2D eigenvalue weighted by atomic mass is 9.86. The monoisotopic (exact) mass is 1100 g/mol. The lowest BCUT2D eigenvalue weighted by molar-refractivity contribution is -0.145. The summed E-state index contributed by atoms with van der Waals surface area (Å²) in [7, 11) is 1.39. The number of ether oxygens (including phenoxy) is 2. The molecule has 2 heterocycles. The van der Waals surface area contributed by atoms with E-state index in [-0.39, 0.29) is 49.7 Å². The number of carboxylic acid groups (broad SMARTS) is 1. The van der Waals surface area contributed by atoms with Crippen LogP contribution in [0, 0.1) is 0 Å². The molecule has 0 aliphatic rings. The van der Waals surface area contributed by atoms with E-state index in [1.165, 1.54) is 22.3 Å². The largest absolute Gasteiger partial charge is 0.506 e. The maximum Gasteiger partial charge on any atom is 0.349 e. The summed E-state index contributed by atoms with van der Waals surface area (Å²) in [6, 6.07) is 41.1. The number of rotatable bonds is 8. The van der Waals surface area contributed by atoms with Crippen LogP contribution in [0.5, 0.6) is 11.5 Å². The number of methoxy groups -OCH3 is 1. The number of phenolic OH excluding ortho intramolecular Hbond substituents is 1. The highest BCUT2D eigenvalue weighted by Crippen LogP contribution is 2.33. The van der Waals surface area contributed by atoms with Gasteiger partial charge in [0.1, 0.15) is 49.8 Å². The Morgan fingerprint density at radius 3 is 1.37 bits per heavy atom. The molecule has 67 heavy (non-hydrogen) atoms. The molecule has 8 aromatic rings. The predicted molar refractivity (Wildman–Crippen MR) is 280 cm³/mol. The van der Waals surface area contributed by atoms with Crippen molar-refractivity contribution in [3.8, 4) is 22.9 Å². The molecule has 2 atom stereocenters. The van der Waals surface area contributed by atoms with Gasteiger partial charge in [-0.15, -0.1) is 30.0 Å². The molecule has 0 amide bonds. The molecule has 0 bridgehead atoms. The van der Waals surface area contributed by atoms with Gasteiger partial charge in [-0.1, -0.05) is 184 Å². The van der Waals surface area contributed by atoms with Crippen molar-refractivity contribution in [2.45, 2.75) is 85.6 Å². The van der Waals surface area contributed by atoms with Crippen LogP contribution in [-0.2, 0) is 25.2 Å². The Hall–Kier alpha value is -5.90. The van der Waals surface area contributed by atoms with Gasteiger partial charge in [-0.25, -0.2) is 4.79 Å². The molecule has 0 spiro atoms. The van der Waals surface area contributed by atoms with E-state index in [4.69, 9.17) is 4.74 Å². The van der Waals surface area contributed by atoms with Crippen molar-refractivity contribution in [3.05, 3.63) is 165 Å². The molecular weight excluding hydrogens is 1040 g/mol. The van der Waals surface area contributed by atoms with Crippen LogP contribution in [0.4, 0.5) is 0 Å². The van der Waals surface area contributed by atoms with Crippen molar-refractivity contribution in [1.29, 1.82) is 0 Å². The summed E-state index contributed by atoms with van der Waals surface area (Å²) in [6.07, 6.45) is -1.17. The van der Waals surface area contributed by atoms with Gasteiger partial charge in [-0.05, 0) is 88.2 Å². The number of carboxylic acids is 1. The van der Waals surface area contributed by atoms with Crippen molar-refractivity contribution >= 4 is 81.8 Å². The fraction of sp³-hybridized carbons (Fsp3) is 0.269. The second kappa shape index (κ2) is 23.7. The zero-order valence-electron chi connectivity index (χ0n) is 36.2. The number of carbonyl (C=O) groups excluding carboxylic acids is 1. The van der Waals surface area contributed by atoms with Gasteiger partial charge in [0, 0.05) is 14.5 Å². The van der Waals surface area contributed by atoms with Crippen LogP contribution < -0.4 is 4.74 Å². The normalized spacial score (nSPS) is 11.8. The molecule has 15 heteroatoms. The molecule has 2 aromatic heterocycles. The highest BCUT2D eigenvalue weighted by atomic mass is 79.9. The molecule has 354 valence electrons. The van der Waals surface area contributed by atoms with Gasteiger partial charge in [0.2, 0.25) is 6.10 Å². The quantitative estimate of drug-likeness (QED) is 0.111. The van der Waals surface area contributed by atoms with Crippen molar-refractivity contribution < 1.29 is 29.3 Å². The first-order valence-electron chi connectivity index (χ1n) is 20.1. The van der Waals surface area contributed by atoms with Gasteiger partial charge in [0.05, 0.1) is 7.11 Å². The highest BCUT2D eigenvalue weighted by Gasteiger charge is 2.25. The number of halogens is 3. The zero-order valence-corrected chi connectivity index (χ0v) is 41.0. The summed E-state index contributed by atoms with van der Waals surface area (Å²) in [6.45, 7) is 12.8. The molecule has 0 saturated heterocycles. The van der Waals surface area contributed by atoms with Crippen LogP contribution in [0.25, 0.3) is 33.4 Å². The smallest absolute Gasteiger partial charge is 0.349 e. The number of alkyl halides is 1. The Morgan fingerprint density at radius 2 is 0.970 bits per heavy atom. The van der Waals surface area contributed by atoms with E-state index in [0.29, 0.717) is 22.7 Å². The molecule has 0 aliphatic heterocycles. The van der Waals surface area contributed by atoms with E-state index in [1.54, 1.807) is 48.5 Å². The number of esters is 1. The summed E-state index contributed by atoms with van der Waals surface area (Å²) in [4.78, 5) is 25.9. The fourth-order valence-electron chi connectivity index (χ4n) is 6.28. The molecule has 8 rings (SSSR count). The molecule has 2 N–H and O–H groups in total. The third kappa shape index (κ3) is 14.1. The zero-order chi connectivity index (χ0) is 46.3. The number of phenols is 1. The Bertz CT molecular complexity index is 2820. The number of aromatic nitrogens is 6. The van der Waals surface area contributed by atoms with Crippen molar-refractivity contribution in [3.63, 3.8) is 0 Å². The van der Waals surface area contributed by atoms with Crippen LogP contribution in [-0.4, -0.2) is 59.2 Å². The minimum absolute atomic E-state index is 0. The Labute approximate surface area is 418 Å². The standard InChI is InChI=1S/C24H22BrN3O3.C13H17BrO2.C12H8BrN3O.3CH4/c1-24(2,3)16-10-8-15(9-11-16)22(23(29)30)31-21-13-12-17(25)14-20(21)28-26-18-6-4-5-7-19(18)27-28;1-13(2,3)10-7-5-9(6-8-10)11(14)12(15)16-4;13-8-5-6-12(17)11(7-8)16-14-9-3-1-2-4-10(9)15-16;;;/h4-14,22H,1-3H3,(H,29,30);5-8,11H,1-4H3;1-7,17H;3*1H4. The van der Waals surface area contributed by atoms with Crippen molar-refractivity contribution in [2.75, 3.05) is 7.11 Å². The van der Waals surface area contributed by atoms with E-state index in [9.17, 15) is 19.8 Å². The van der Waals surface area contributed by atoms with Crippen LogP contribution >= 0.6 is 47.8 Å². The SMILES string of the molecule is C.C.C.CC(C)(C)c1ccc(C(Oc2ccc(Br)cc2-n2nc3ccccc3n2)C(=O)O)cc1.COC(=O)C(Br)c1ccc(C(C)(C)C)cc1.Oc1ccc(Br)cc1-n1nc2ccccc2n1. The lowest BCUT2D eigenvalue weighted by Crippen LogP contribution is -2.20. The average Bonchev–Trinajstić information content (AvgIpc) is 3.91. The first kappa shape index (κ1) is 55.4. The van der Waals surface area contributed by atoms with E-state index in [1.807, 2.05) is 84.9 Å². The van der Waals surface area contributed by atoms with E-state index >= 15 is 0 Å². The third-order valence-electron chi connectivity index (χ3n) is 9.89. The van der Waals surface area contributed by atoms with Crippen LogP contribution in [0.3, 0.4) is 0 Å². The molecule has 0 fully saturated rings. The number of carbonyl (C=O) groups is 2. The van der Waals surface area contributed by atoms with Gasteiger partial charge in [0.25, 0.3) is 0 Å². The van der Waals surface area contributed by atoms with Gasteiger partial charge in [0.15, 0.2) is 0 Å². The third-order valence-corrected chi connectivity index (χ3v) is 11.8. The van der Waals surface area contributed by atoms with Crippen molar-refractivity contribution in [1.82, 2.24) is 30.0 Å². The van der Waals surface area contributed by atoms with Gasteiger partial charge >= 0.3 is 11.9 Å². The number of hydrogen-bond donors (Lipinski definition) is 2. The summed E-state index contributed by atoms with van der Waals surface area (Å²) in [5.41, 5.74) is 8.13. The number of benzene rings is 6. The summed E-state index contributed by atoms with van der Waals surface area (Å²) in [5, 5.41) is 37.3. The second-order valence-corrected chi connectivity index (χ2v) is 19.4. The fourth-order valence-corrected chi connectivity index (χ4v) is 7.47.